The Labute approximate surface area is 346 Å². The summed E-state index contributed by atoms with van der Waals surface area (Å²) in [6.07, 6.45) is 6.48. The van der Waals surface area contributed by atoms with Gasteiger partial charge in [-0.05, 0) is 93.6 Å². The molecule has 0 bridgehead atoms. The van der Waals surface area contributed by atoms with Crippen LogP contribution in [-0.4, -0.2) is 32.3 Å². The van der Waals surface area contributed by atoms with Crippen molar-refractivity contribution in [3.63, 3.8) is 0 Å². The fraction of sp³-hybridized carbons (Fsp3) is 0.204. The zero-order valence-corrected chi connectivity index (χ0v) is 33.6. The molecule has 10 rings (SSSR count). The Morgan fingerprint density at radius 1 is 0.695 bits per heavy atom. The van der Waals surface area contributed by atoms with Gasteiger partial charge in [0.05, 0.1) is 18.8 Å². The average molecular weight is 774 g/mol. The fourth-order valence-electron chi connectivity index (χ4n) is 9.83. The quantitative estimate of drug-likeness (QED) is 0.137. The van der Waals surface area contributed by atoms with Crippen LogP contribution in [0.5, 0.6) is 5.75 Å². The molecule has 292 valence electrons. The van der Waals surface area contributed by atoms with E-state index >= 15 is 0 Å². The van der Waals surface area contributed by atoms with E-state index in [4.69, 9.17) is 14.2 Å². The molecule has 1 fully saturated rings. The molecule has 0 amide bonds. The van der Waals surface area contributed by atoms with Gasteiger partial charge >= 0.3 is 5.97 Å². The van der Waals surface area contributed by atoms with Gasteiger partial charge in [0.2, 0.25) is 0 Å². The lowest BCUT2D eigenvalue weighted by atomic mass is 9.70. The maximum absolute atomic E-state index is 13.3. The number of nitrogens with zero attached hydrogens (tertiary/aromatic N) is 1. The van der Waals surface area contributed by atoms with E-state index in [1.807, 2.05) is 54.6 Å². The second-order valence-corrected chi connectivity index (χ2v) is 15.9. The van der Waals surface area contributed by atoms with Crippen LogP contribution in [0.4, 0.5) is 5.69 Å². The molecule has 0 aromatic heterocycles. The maximum Gasteiger partial charge on any atom is 0.338 e. The van der Waals surface area contributed by atoms with E-state index in [0.29, 0.717) is 5.56 Å². The van der Waals surface area contributed by atoms with Crippen LogP contribution in [0.15, 0.2) is 158 Å². The highest BCUT2D eigenvalue weighted by Crippen LogP contribution is 2.60. The normalized spacial score (nSPS) is 17.5. The molecule has 1 saturated heterocycles. The van der Waals surface area contributed by atoms with Crippen LogP contribution in [0.2, 0.25) is 0 Å². The summed E-state index contributed by atoms with van der Waals surface area (Å²) in [6.45, 7) is 8.05. The van der Waals surface area contributed by atoms with Crippen LogP contribution in [0.1, 0.15) is 70.4 Å². The highest BCUT2D eigenvalue weighted by atomic mass is 16.5. The van der Waals surface area contributed by atoms with Crippen molar-refractivity contribution in [2.75, 3.05) is 31.2 Å². The van der Waals surface area contributed by atoms with Crippen LogP contribution in [0, 0.1) is 0 Å². The maximum atomic E-state index is 13.3. The average Bonchev–Trinajstić information content (AvgIpc) is 3.62. The first kappa shape index (κ1) is 36.9. The monoisotopic (exact) mass is 773 g/mol. The van der Waals surface area contributed by atoms with Crippen molar-refractivity contribution in [2.24, 2.45) is 0 Å². The van der Waals surface area contributed by atoms with Crippen LogP contribution in [-0.2, 0) is 27.1 Å². The van der Waals surface area contributed by atoms with Crippen LogP contribution >= 0.6 is 0 Å². The minimum absolute atomic E-state index is 0.209. The van der Waals surface area contributed by atoms with Crippen molar-refractivity contribution in [1.82, 2.24) is 0 Å². The molecular weight excluding hydrogens is 727 g/mol. The largest absolute Gasteiger partial charge is 0.472 e. The van der Waals surface area contributed by atoms with E-state index in [9.17, 15) is 4.79 Å². The van der Waals surface area contributed by atoms with E-state index in [1.54, 1.807) is 0 Å². The van der Waals surface area contributed by atoms with Gasteiger partial charge in [0.1, 0.15) is 12.4 Å². The van der Waals surface area contributed by atoms with E-state index < -0.39 is 5.60 Å². The number of morpholine rings is 1. The molecule has 3 aliphatic rings. The summed E-state index contributed by atoms with van der Waals surface area (Å²) in [5.74, 6) is 0.523. The number of anilines is 1. The first-order chi connectivity index (χ1) is 29.0. The molecule has 7 aromatic carbocycles. The number of benzene rings is 7. The molecule has 0 N–H and O–H groups in total. The summed E-state index contributed by atoms with van der Waals surface area (Å²) in [5, 5.41) is 2.28. The minimum atomic E-state index is -0.979. The first-order valence-electron chi connectivity index (χ1n) is 21.0. The Morgan fingerprint density at radius 2 is 1.34 bits per heavy atom. The standard InChI is InChI=1S/C54H47NO4/c1-3-53(4-2)48-35-40(38-15-9-6-10-16-38)21-28-46(48)49-44-17-11-12-18-45(44)51-47(50(49)53)29-30-54(59-51,42-24-26-43(27-25-42)55-31-33-57-34-32-55)41-22-19-39(20-23-41)52(56)58-36-37-13-7-5-8-14-37/h5-30,35H,3-4,31-34,36H2,1-2H3. The molecule has 0 spiro atoms. The Kier molecular flexibility index (Phi) is 9.42. The van der Waals surface area contributed by atoms with Crippen molar-refractivity contribution >= 4 is 28.5 Å². The van der Waals surface area contributed by atoms with E-state index in [1.165, 1.54) is 38.8 Å². The van der Waals surface area contributed by atoms with Crippen molar-refractivity contribution < 1.29 is 19.0 Å². The molecule has 5 heteroatoms. The number of rotatable bonds is 9. The van der Waals surface area contributed by atoms with Crippen molar-refractivity contribution in [3.05, 3.63) is 197 Å². The summed E-state index contributed by atoms with van der Waals surface area (Å²) in [4.78, 5) is 15.7. The molecular formula is C54H47NO4. The number of ether oxygens (including phenoxy) is 3. The Bertz CT molecular complexity index is 2690. The third kappa shape index (κ3) is 6.15. The Morgan fingerprint density at radius 3 is 2.03 bits per heavy atom. The predicted molar refractivity (Wildman–Crippen MR) is 238 cm³/mol. The van der Waals surface area contributed by atoms with Crippen LogP contribution in [0.3, 0.4) is 0 Å². The summed E-state index contributed by atoms with van der Waals surface area (Å²) < 4.78 is 19.0. The highest BCUT2D eigenvalue weighted by Gasteiger charge is 2.47. The number of hydrogen-bond acceptors (Lipinski definition) is 5. The lowest BCUT2D eigenvalue weighted by molar-refractivity contribution is 0.0472. The second-order valence-electron chi connectivity index (χ2n) is 15.9. The molecule has 0 radical (unpaired) electrons. The molecule has 5 nitrogen and oxygen atoms in total. The summed E-state index contributed by atoms with van der Waals surface area (Å²) in [6, 6.07) is 52.8. The van der Waals surface area contributed by atoms with E-state index in [2.05, 4.69) is 128 Å². The Balaban J connectivity index is 1.12. The number of hydrogen-bond donors (Lipinski definition) is 0. The molecule has 1 aliphatic carbocycles. The second kappa shape index (κ2) is 15.1. The van der Waals surface area contributed by atoms with Gasteiger partial charge in [0.25, 0.3) is 0 Å². The number of esters is 1. The summed E-state index contributed by atoms with van der Waals surface area (Å²) in [5.41, 5.74) is 12.3. The summed E-state index contributed by atoms with van der Waals surface area (Å²) >= 11 is 0. The van der Waals surface area contributed by atoms with E-state index in [0.717, 1.165) is 78.2 Å². The van der Waals surface area contributed by atoms with Crippen molar-refractivity contribution in [1.29, 1.82) is 0 Å². The van der Waals surface area contributed by atoms with Crippen molar-refractivity contribution in [2.45, 2.75) is 44.3 Å². The highest BCUT2D eigenvalue weighted by molar-refractivity contribution is 6.09. The fourth-order valence-corrected chi connectivity index (χ4v) is 9.83. The lowest BCUT2D eigenvalue weighted by Crippen LogP contribution is -2.37. The Hall–Kier alpha value is -6.43. The topological polar surface area (TPSA) is 48.0 Å². The SMILES string of the molecule is CCC1(CC)c2cc(-c3ccccc3)ccc2-c2c1c1c(c3ccccc23)OC(c2ccc(C(=O)OCc3ccccc3)cc2)(c2ccc(N3CCOCC3)cc2)C=C1. The predicted octanol–water partition coefficient (Wildman–Crippen LogP) is 12.1. The summed E-state index contributed by atoms with van der Waals surface area (Å²) in [7, 11) is 0. The molecule has 1 atom stereocenters. The van der Waals surface area contributed by atoms with Gasteiger partial charge in [-0.1, -0.05) is 141 Å². The lowest BCUT2D eigenvalue weighted by Gasteiger charge is -2.39. The van der Waals surface area contributed by atoms with Gasteiger partial charge in [0.15, 0.2) is 5.60 Å². The van der Waals surface area contributed by atoms with Crippen LogP contribution < -0.4 is 9.64 Å². The first-order valence-corrected chi connectivity index (χ1v) is 21.0. The van der Waals surface area contributed by atoms with Gasteiger partial charge < -0.3 is 19.1 Å². The number of fused-ring (bicyclic) bond motifs is 8. The molecule has 0 saturated carbocycles. The minimum Gasteiger partial charge on any atom is -0.472 e. The molecule has 7 aromatic rings. The molecule has 2 aliphatic heterocycles. The third-order valence-electron chi connectivity index (χ3n) is 13.0. The van der Waals surface area contributed by atoms with Crippen molar-refractivity contribution in [3.8, 4) is 28.0 Å². The third-order valence-corrected chi connectivity index (χ3v) is 13.0. The van der Waals surface area contributed by atoms with Gasteiger partial charge in [0, 0.05) is 46.3 Å². The zero-order chi connectivity index (χ0) is 40.0. The number of carbonyl (C=O) groups is 1. The zero-order valence-electron chi connectivity index (χ0n) is 33.6. The van der Waals surface area contributed by atoms with E-state index in [-0.39, 0.29) is 18.0 Å². The van der Waals surface area contributed by atoms with Gasteiger partial charge in [-0.25, -0.2) is 4.79 Å². The molecule has 1 unspecified atom stereocenters. The van der Waals surface area contributed by atoms with Gasteiger partial charge in [-0.2, -0.15) is 0 Å². The molecule has 2 heterocycles. The molecule has 59 heavy (non-hydrogen) atoms. The van der Waals surface area contributed by atoms with Gasteiger partial charge in [-0.15, -0.1) is 0 Å². The number of carbonyl (C=O) groups excluding carboxylic acids is 1. The van der Waals surface area contributed by atoms with Gasteiger partial charge in [-0.3, -0.25) is 0 Å². The smallest absolute Gasteiger partial charge is 0.338 e. The van der Waals surface area contributed by atoms with Crippen LogP contribution in [0.25, 0.3) is 39.1 Å².